The molecule has 0 heterocycles. The Balaban J connectivity index is 2.68. The fourth-order valence-corrected chi connectivity index (χ4v) is 1.03. The van der Waals surface area contributed by atoms with Crippen LogP contribution in [0.2, 0.25) is 0 Å². The van der Waals surface area contributed by atoms with Crippen LogP contribution in [0.1, 0.15) is 18.5 Å². The molecule has 1 aromatic rings. The summed E-state index contributed by atoms with van der Waals surface area (Å²) in [6.07, 6.45) is 0. The molecule has 0 spiro atoms. The van der Waals surface area contributed by atoms with E-state index in [0.29, 0.717) is 0 Å². The highest BCUT2D eigenvalue weighted by molar-refractivity contribution is 5.28. The minimum absolute atomic E-state index is 0.0180. The zero-order valence-corrected chi connectivity index (χ0v) is 7.71. The summed E-state index contributed by atoms with van der Waals surface area (Å²) in [7, 11) is 0. The summed E-state index contributed by atoms with van der Waals surface area (Å²) in [5.74, 6) is 5.37. The maximum atomic E-state index is 11.8. The molecule has 78 valence electrons. The first-order valence-corrected chi connectivity index (χ1v) is 4.14. The van der Waals surface area contributed by atoms with Gasteiger partial charge in [-0.1, -0.05) is 12.1 Å². The van der Waals surface area contributed by atoms with Crippen molar-refractivity contribution in [3.63, 3.8) is 0 Å². The molecule has 5 heteroatoms. The number of halogens is 2. The zero-order valence-electron chi connectivity index (χ0n) is 7.71. The van der Waals surface area contributed by atoms with Crippen LogP contribution in [-0.4, -0.2) is 6.61 Å². The molecule has 0 radical (unpaired) electrons. The summed E-state index contributed by atoms with van der Waals surface area (Å²) in [5, 5.41) is 0. The molecule has 0 saturated carbocycles. The Kier molecular flexibility index (Phi) is 3.79. The van der Waals surface area contributed by atoms with Gasteiger partial charge in [0.2, 0.25) is 0 Å². The number of hydrogen-bond donors (Lipinski definition) is 2. The van der Waals surface area contributed by atoms with Gasteiger partial charge in [0.1, 0.15) is 5.75 Å². The quantitative estimate of drug-likeness (QED) is 0.578. The van der Waals surface area contributed by atoms with E-state index in [-0.39, 0.29) is 11.8 Å². The molecule has 14 heavy (non-hydrogen) atoms. The van der Waals surface area contributed by atoms with E-state index >= 15 is 0 Å². The van der Waals surface area contributed by atoms with Crippen LogP contribution in [0.15, 0.2) is 24.3 Å². The molecule has 0 aliphatic carbocycles. The molecule has 0 fully saturated rings. The van der Waals surface area contributed by atoms with E-state index in [4.69, 9.17) is 5.84 Å². The van der Waals surface area contributed by atoms with Crippen LogP contribution in [0.25, 0.3) is 0 Å². The monoisotopic (exact) mass is 202 g/mol. The van der Waals surface area contributed by atoms with Crippen molar-refractivity contribution in [2.45, 2.75) is 19.6 Å². The lowest BCUT2D eigenvalue weighted by Crippen LogP contribution is -2.25. The molecule has 0 saturated heterocycles. The van der Waals surface area contributed by atoms with E-state index in [2.05, 4.69) is 10.2 Å². The van der Waals surface area contributed by atoms with Crippen molar-refractivity contribution in [3.05, 3.63) is 29.8 Å². The van der Waals surface area contributed by atoms with Crippen LogP contribution in [0.3, 0.4) is 0 Å². The minimum atomic E-state index is -2.79. The molecule has 0 aromatic heterocycles. The standard InChI is InChI=1S/C9H12F2N2O/c1-6(13-12)7-2-4-8(5-3-7)14-9(10)11/h2-6,9,13H,12H2,1H3. The molecule has 0 aliphatic heterocycles. The van der Waals surface area contributed by atoms with Crippen LogP contribution in [0.4, 0.5) is 8.78 Å². The normalized spacial score (nSPS) is 12.9. The lowest BCUT2D eigenvalue weighted by molar-refractivity contribution is -0.0498. The Bertz CT molecular complexity index is 277. The van der Waals surface area contributed by atoms with Crippen LogP contribution in [0.5, 0.6) is 5.75 Å². The average molecular weight is 202 g/mol. The summed E-state index contributed by atoms with van der Waals surface area (Å²) in [5.41, 5.74) is 3.46. The second-order valence-electron chi connectivity index (χ2n) is 2.84. The van der Waals surface area contributed by atoms with Gasteiger partial charge in [-0.05, 0) is 24.6 Å². The molecule has 1 unspecified atom stereocenters. The van der Waals surface area contributed by atoms with E-state index in [0.717, 1.165) is 5.56 Å². The molecule has 0 aliphatic rings. The fraction of sp³-hybridized carbons (Fsp3) is 0.333. The third kappa shape index (κ3) is 2.93. The number of hydrazine groups is 1. The van der Waals surface area contributed by atoms with E-state index in [1.54, 1.807) is 12.1 Å². The number of rotatable bonds is 4. The van der Waals surface area contributed by atoms with Gasteiger partial charge in [0.05, 0.1) is 0 Å². The number of nitrogens with two attached hydrogens (primary N) is 1. The first-order valence-electron chi connectivity index (χ1n) is 4.14. The molecule has 3 nitrogen and oxygen atoms in total. The topological polar surface area (TPSA) is 47.3 Å². The highest BCUT2D eigenvalue weighted by atomic mass is 19.3. The average Bonchev–Trinajstić information content (AvgIpc) is 2.17. The van der Waals surface area contributed by atoms with Gasteiger partial charge in [0, 0.05) is 6.04 Å². The van der Waals surface area contributed by atoms with Crippen molar-refractivity contribution in [2.24, 2.45) is 5.84 Å². The summed E-state index contributed by atoms with van der Waals surface area (Å²) < 4.78 is 27.8. The maximum absolute atomic E-state index is 11.8. The summed E-state index contributed by atoms with van der Waals surface area (Å²) in [4.78, 5) is 0. The predicted octanol–water partition coefficient (Wildman–Crippen LogP) is 1.81. The third-order valence-electron chi connectivity index (χ3n) is 1.86. The largest absolute Gasteiger partial charge is 0.435 e. The SMILES string of the molecule is CC(NN)c1ccc(OC(F)F)cc1. The summed E-state index contributed by atoms with van der Waals surface area (Å²) >= 11 is 0. The first-order chi connectivity index (χ1) is 6.63. The Morgan fingerprint density at radius 3 is 2.29 bits per heavy atom. The molecule has 1 rings (SSSR count). The van der Waals surface area contributed by atoms with Gasteiger partial charge in [0.15, 0.2) is 0 Å². The molecule has 0 amide bonds. The van der Waals surface area contributed by atoms with Gasteiger partial charge < -0.3 is 4.74 Å². The van der Waals surface area contributed by atoms with Crippen molar-refractivity contribution in [3.8, 4) is 5.75 Å². The lowest BCUT2D eigenvalue weighted by atomic mass is 10.1. The second-order valence-corrected chi connectivity index (χ2v) is 2.84. The van der Waals surface area contributed by atoms with Gasteiger partial charge in [-0.3, -0.25) is 11.3 Å². The summed E-state index contributed by atoms with van der Waals surface area (Å²) in [6.45, 7) is -0.922. The second kappa shape index (κ2) is 4.88. The highest BCUT2D eigenvalue weighted by Crippen LogP contribution is 2.18. The van der Waals surface area contributed by atoms with Crippen molar-refractivity contribution in [1.29, 1.82) is 0 Å². The van der Waals surface area contributed by atoms with E-state index in [1.165, 1.54) is 12.1 Å². The number of hydrogen-bond acceptors (Lipinski definition) is 3. The van der Waals surface area contributed by atoms with Gasteiger partial charge >= 0.3 is 6.61 Å². The van der Waals surface area contributed by atoms with Crippen molar-refractivity contribution < 1.29 is 13.5 Å². The maximum Gasteiger partial charge on any atom is 0.387 e. The van der Waals surface area contributed by atoms with Crippen molar-refractivity contribution >= 4 is 0 Å². The van der Waals surface area contributed by atoms with E-state index in [9.17, 15) is 8.78 Å². The zero-order chi connectivity index (χ0) is 10.6. The van der Waals surface area contributed by atoms with Crippen molar-refractivity contribution in [1.82, 2.24) is 5.43 Å². The van der Waals surface area contributed by atoms with Gasteiger partial charge in [0.25, 0.3) is 0 Å². The highest BCUT2D eigenvalue weighted by Gasteiger charge is 2.05. The minimum Gasteiger partial charge on any atom is -0.435 e. The predicted molar refractivity (Wildman–Crippen MR) is 48.8 cm³/mol. The van der Waals surface area contributed by atoms with E-state index in [1.807, 2.05) is 6.92 Å². The summed E-state index contributed by atoms with van der Waals surface area (Å²) in [6, 6.07) is 6.31. The molecule has 1 aromatic carbocycles. The first kappa shape index (κ1) is 10.9. The Hall–Kier alpha value is -1.20. The van der Waals surface area contributed by atoms with Gasteiger partial charge in [-0.25, -0.2) is 0 Å². The van der Waals surface area contributed by atoms with Gasteiger partial charge in [-0.2, -0.15) is 8.78 Å². The van der Waals surface area contributed by atoms with Crippen LogP contribution >= 0.6 is 0 Å². The Morgan fingerprint density at radius 2 is 1.86 bits per heavy atom. The lowest BCUT2D eigenvalue weighted by Gasteiger charge is -2.10. The number of alkyl halides is 2. The number of ether oxygens (including phenoxy) is 1. The van der Waals surface area contributed by atoms with Crippen molar-refractivity contribution in [2.75, 3.05) is 0 Å². The molecular formula is C9H12F2N2O. The molecule has 1 atom stereocenters. The Morgan fingerprint density at radius 1 is 1.29 bits per heavy atom. The van der Waals surface area contributed by atoms with Crippen LogP contribution in [0, 0.1) is 0 Å². The fourth-order valence-electron chi connectivity index (χ4n) is 1.03. The smallest absolute Gasteiger partial charge is 0.387 e. The van der Waals surface area contributed by atoms with Gasteiger partial charge in [-0.15, -0.1) is 0 Å². The third-order valence-corrected chi connectivity index (χ3v) is 1.86. The molecular weight excluding hydrogens is 190 g/mol. The van der Waals surface area contributed by atoms with E-state index < -0.39 is 6.61 Å². The Labute approximate surface area is 80.8 Å². The van der Waals surface area contributed by atoms with Crippen LogP contribution < -0.4 is 16.0 Å². The number of benzene rings is 1. The molecule has 3 N–H and O–H groups in total. The van der Waals surface area contributed by atoms with Crippen LogP contribution in [-0.2, 0) is 0 Å². The molecule has 0 bridgehead atoms. The number of nitrogens with one attached hydrogen (secondary N) is 1.